The Balaban J connectivity index is 2.05. The molecule has 0 atom stereocenters. The van der Waals surface area contributed by atoms with Gasteiger partial charge in [-0.15, -0.1) is 0 Å². The van der Waals surface area contributed by atoms with Crippen molar-refractivity contribution in [2.75, 3.05) is 0 Å². The van der Waals surface area contributed by atoms with Crippen molar-refractivity contribution in [1.29, 1.82) is 0 Å². The molecule has 0 amide bonds. The minimum atomic E-state index is -0.249. The van der Waals surface area contributed by atoms with E-state index in [0.29, 0.717) is 12.2 Å². The second-order valence-electron chi connectivity index (χ2n) is 3.99. The lowest BCUT2D eigenvalue weighted by Crippen LogP contribution is -1.93. The van der Waals surface area contributed by atoms with Crippen LogP contribution in [0.4, 0.5) is 0 Å². The van der Waals surface area contributed by atoms with Crippen molar-refractivity contribution in [1.82, 2.24) is 9.97 Å². The van der Waals surface area contributed by atoms with E-state index in [0.717, 1.165) is 22.5 Å². The van der Waals surface area contributed by atoms with Crippen molar-refractivity contribution >= 4 is 5.97 Å². The molecular formula is C13H10N2O2. The minimum absolute atomic E-state index is 0.249. The molecule has 0 fully saturated rings. The Hall–Kier alpha value is -2.23. The zero-order chi connectivity index (χ0) is 11.8. The number of carbonyl (C=O) groups is 1. The fraction of sp³-hybridized carbons (Fsp3) is 0.154. The second-order valence-corrected chi connectivity index (χ2v) is 3.99. The molecule has 1 aliphatic rings. The molecule has 3 rings (SSSR count). The first-order valence-electron chi connectivity index (χ1n) is 5.33. The molecule has 1 aromatic heterocycles. The summed E-state index contributed by atoms with van der Waals surface area (Å²) >= 11 is 0. The van der Waals surface area contributed by atoms with E-state index in [4.69, 9.17) is 4.74 Å². The number of carbonyl (C=O) groups excluding carboxylic acids is 1. The highest BCUT2D eigenvalue weighted by Crippen LogP contribution is 2.25. The van der Waals surface area contributed by atoms with E-state index in [1.54, 1.807) is 18.5 Å². The van der Waals surface area contributed by atoms with E-state index in [-0.39, 0.29) is 5.97 Å². The number of hydrogen-bond acceptors (Lipinski definition) is 4. The van der Waals surface area contributed by atoms with Crippen molar-refractivity contribution < 1.29 is 9.53 Å². The number of ether oxygens (including phenoxy) is 1. The average molecular weight is 226 g/mol. The number of nitrogens with zero attached hydrogens (tertiary/aromatic N) is 2. The summed E-state index contributed by atoms with van der Waals surface area (Å²) in [6.07, 6.45) is 3.46. The van der Waals surface area contributed by atoms with Gasteiger partial charge >= 0.3 is 5.97 Å². The second kappa shape index (κ2) is 3.66. The normalized spacial score (nSPS) is 13.4. The van der Waals surface area contributed by atoms with Crippen LogP contribution >= 0.6 is 0 Å². The molecule has 84 valence electrons. The van der Waals surface area contributed by atoms with Gasteiger partial charge in [-0.05, 0) is 19.1 Å². The highest BCUT2D eigenvalue weighted by Gasteiger charge is 2.21. The Bertz CT molecular complexity index is 591. The standard InChI is InChI=1S/C13H10N2O2/c1-8-5-15-12(6-14-8)9-2-3-11-10(4-9)7-17-13(11)16/h2-6H,7H2,1H3. The Labute approximate surface area is 98.3 Å². The van der Waals surface area contributed by atoms with E-state index in [2.05, 4.69) is 9.97 Å². The number of aryl methyl sites for hydroxylation is 1. The third-order valence-electron chi connectivity index (χ3n) is 2.76. The zero-order valence-corrected chi connectivity index (χ0v) is 9.30. The van der Waals surface area contributed by atoms with E-state index in [9.17, 15) is 4.79 Å². The first-order chi connectivity index (χ1) is 8.24. The lowest BCUT2D eigenvalue weighted by atomic mass is 10.0. The largest absolute Gasteiger partial charge is 0.457 e. The predicted molar refractivity (Wildman–Crippen MR) is 61.3 cm³/mol. The molecule has 0 N–H and O–H groups in total. The summed E-state index contributed by atoms with van der Waals surface area (Å²) in [5.74, 6) is -0.249. The molecule has 1 aromatic carbocycles. The van der Waals surface area contributed by atoms with Crippen LogP contribution in [0.3, 0.4) is 0 Å². The monoisotopic (exact) mass is 226 g/mol. The van der Waals surface area contributed by atoms with Crippen LogP contribution < -0.4 is 0 Å². The van der Waals surface area contributed by atoms with Crippen LogP contribution in [0.1, 0.15) is 21.6 Å². The maximum atomic E-state index is 11.3. The smallest absolute Gasteiger partial charge is 0.338 e. The predicted octanol–water partition coefficient (Wildman–Crippen LogP) is 2.12. The van der Waals surface area contributed by atoms with Gasteiger partial charge in [0.05, 0.1) is 23.1 Å². The molecule has 0 aliphatic carbocycles. The number of rotatable bonds is 1. The molecule has 2 aromatic rings. The molecule has 4 nitrogen and oxygen atoms in total. The van der Waals surface area contributed by atoms with Crippen molar-refractivity contribution in [3.63, 3.8) is 0 Å². The SMILES string of the molecule is Cc1cnc(-c2ccc3c(c2)COC3=O)cn1. The average Bonchev–Trinajstić information content (AvgIpc) is 2.72. The van der Waals surface area contributed by atoms with Crippen molar-refractivity contribution in [2.45, 2.75) is 13.5 Å². The number of fused-ring (bicyclic) bond motifs is 1. The van der Waals surface area contributed by atoms with Crippen LogP contribution in [-0.4, -0.2) is 15.9 Å². The number of esters is 1. The molecule has 0 bridgehead atoms. The molecule has 0 radical (unpaired) electrons. The van der Waals surface area contributed by atoms with Gasteiger partial charge in [-0.2, -0.15) is 0 Å². The van der Waals surface area contributed by atoms with Crippen molar-refractivity contribution in [3.05, 3.63) is 47.4 Å². The molecule has 0 unspecified atom stereocenters. The molecule has 0 spiro atoms. The summed E-state index contributed by atoms with van der Waals surface area (Å²) in [7, 11) is 0. The Morgan fingerprint density at radius 2 is 2.12 bits per heavy atom. The highest BCUT2D eigenvalue weighted by atomic mass is 16.5. The molecule has 0 saturated carbocycles. The lowest BCUT2D eigenvalue weighted by molar-refractivity contribution is 0.0535. The molecular weight excluding hydrogens is 216 g/mol. The minimum Gasteiger partial charge on any atom is -0.457 e. The van der Waals surface area contributed by atoms with Gasteiger partial charge < -0.3 is 4.74 Å². The highest BCUT2D eigenvalue weighted by molar-refractivity contribution is 5.94. The van der Waals surface area contributed by atoms with Gasteiger partial charge in [-0.1, -0.05) is 6.07 Å². The summed E-state index contributed by atoms with van der Waals surface area (Å²) in [6, 6.07) is 5.58. The van der Waals surface area contributed by atoms with Gasteiger partial charge in [0.25, 0.3) is 0 Å². The first kappa shape index (κ1) is 9.96. The summed E-state index contributed by atoms with van der Waals surface area (Å²) < 4.78 is 4.96. The Kier molecular flexibility index (Phi) is 2.14. The van der Waals surface area contributed by atoms with Crippen LogP contribution in [0, 0.1) is 6.92 Å². The summed E-state index contributed by atoms with van der Waals surface area (Å²) in [5.41, 5.74) is 4.20. The van der Waals surface area contributed by atoms with Crippen LogP contribution in [0.2, 0.25) is 0 Å². The quantitative estimate of drug-likeness (QED) is 0.699. The van der Waals surface area contributed by atoms with Gasteiger partial charge in [0.2, 0.25) is 0 Å². The van der Waals surface area contributed by atoms with Gasteiger partial charge in [-0.3, -0.25) is 9.97 Å². The third kappa shape index (κ3) is 1.67. The summed E-state index contributed by atoms with van der Waals surface area (Å²) in [5, 5.41) is 0. The summed E-state index contributed by atoms with van der Waals surface area (Å²) in [4.78, 5) is 19.8. The lowest BCUT2D eigenvalue weighted by Gasteiger charge is -2.02. The van der Waals surface area contributed by atoms with Crippen molar-refractivity contribution in [3.8, 4) is 11.3 Å². The van der Waals surface area contributed by atoms with Gasteiger partial charge in [0.1, 0.15) is 6.61 Å². The zero-order valence-electron chi connectivity index (χ0n) is 9.30. The van der Waals surface area contributed by atoms with Crippen LogP contribution in [-0.2, 0) is 11.3 Å². The van der Waals surface area contributed by atoms with Crippen LogP contribution in [0.15, 0.2) is 30.6 Å². The molecule has 4 heteroatoms. The maximum Gasteiger partial charge on any atom is 0.338 e. The Morgan fingerprint density at radius 1 is 1.24 bits per heavy atom. The molecule has 1 aliphatic heterocycles. The fourth-order valence-corrected chi connectivity index (χ4v) is 1.83. The molecule has 0 saturated heterocycles. The Morgan fingerprint density at radius 3 is 2.88 bits per heavy atom. The third-order valence-corrected chi connectivity index (χ3v) is 2.76. The van der Waals surface area contributed by atoms with E-state index < -0.39 is 0 Å². The van der Waals surface area contributed by atoms with E-state index >= 15 is 0 Å². The number of cyclic esters (lactones) is 1. The molecule has 17 heavy (non-hydrogen) atoms. The summed E-state index contributed by atoms with van der Waals surface area (Å²) in [6.45, 7) is 2.24. The van der Waals surface area contributed by atoms with Gasteiger partial charge in [0, 0.05) is 17.3 Å². The fourth-order valence-electron chi connectivity index (χ4n) is 1.83. The number of benzene rings is 1. The number of aromatic nitrogens is 2. The first-order valence-corrected chi connectivity index (χ1v) is 5.33. The maximum absolute atomic E-state index is 11.3. The van der Waals surface area contributed by atoms with Crippen LogP contribution in [0.5, 0.6) is 0 Å². The van der Waals surface area contributed by atoms with E-state index in [1.807, 2.05) is 19.1 Å². The topological polar surface area (TPSA) is 52.1 Å². The molecule has 2 heterocycles. The van der Waals surface area contributed by atoms with Crippen molar-refractivity contribution in [2.24, 2.45) is 0 Å². The van der Waals surface area contributed by atoms with Gasteiger partial charge in [-0.25, -0.2) is 4.79 Å². The van der Waals surface area contributed by atoms with E-state index in [1.165, 1.54) is 0 Å². The van der Waals surface area contributed by atoms with Gasteiger partial charge in [0.15, 0.2) is 0 Å². The van der Waals surface area contributed by atoms with Crippen LogP contribution in [0.25, 0.3) is 11.3 Å². The number of hydrogen-bond donors (Lipinski definition) is 0.